The number of ketones is 1. The van der Waals surface area contributed by atoms with Gasteiger partial charge in [0.25, 0.3) is 0 Å². The molecule has 2 aliphatic rings. The minimum absolute atomic E-state index is 0.0166. The molecule has 1 aromatic heterocycles. The van der Waals surface area contributed by atoms with Gasteiger partial charge in [-0.15, -0.1) is 0 Å². The third kappa shape index (κ3) is 3.63. The van der Waals surface area contributed by atoms with Crippen LogP contribution in [0.2, 0.25) is 0 Å². The number of aromatic nitrogens is 1. The highest BCUT2D eigenvalue weighted by Gasteiger charge is 2.34. The average Bonchev–Trinajstić information content (AvgIpc) is 3.34. The lowest BCUT2D eigenvalue weighted by molar-refractivity contribution is 0.104. The quantitative estimate of drug-likeness (QED) is 0.361. The van der Waals surface area contributed by atoms with Crippen molar-refractivity contribution in [3.8, 4) is 17.1 Å². The van der Waals surface area contributed by atoms with E-state index in [0.29, 0.717) is 23.5 Å². The summed E-state index contributed by atoms with van der Waals surface area (Å²) in [5.74, 6) is 1.46. The van der Waals surface area contributed by atoms with Gasteiger partial charge in [0.1, 0.15) is 11.3 Å². The Hall–Kier alpha value is -3.84. The van der Waals surface area contributed by atoms with E-state index in [-0.39, 0.29) is 5.78 Å². The Bertz CT molecular complexity index is 1400. The molecule has 1 fully saturated rings. The molecule has 1 saturated heterocycles. The molecule has 0 saturated carbocycles. The second-order valence-corrected chi connectivity index (χ2v) is 8.93. The van der Waals surface area contributed by atoms with Crippen molar-refractivity contribution >= 4 is 33.7 Å². The zero-order valence-corrected chi connectivity index (χ0v) is 20.0. The van der Waals surface area contributed by atoms with E-state index in [2.05, 4.69) is 33.3 Å². The molecule has 3 aromatic carbocycles. The summed E-state index contributed by atoms with van der Waals surface area (Å²) >= 11 is 0. The second kappa shape index (κ2) is 8.74. The standard InChI is InChI=1S/C28H28N4O3/c1-3-31-13-15-32(16-14-31)23-17-22(29-18-9-11-19(12-10-18)34-4-2)24-25-26(23)30-35-28(25)21-8-6-5-7-20(21)27(24)33/h5-12,17,29H,3-4,13-16H2,1-2H3. The number of nitrogens with one attached hydrogen (secondary N) is 1. The number of carbonyl (C=O) groups is 1. The lowest BCUT2D eigenvalue weighted by Crippen LogP contribution is -2.46. The van der Waals surface area contributed by atoms with Crippen LogP contribution >= 0.6 is 0 Å². The molecule has 35 heavy (non-hydrogen) atoms. The lowest BCUT2D eigenvalue weighted by atomic mass is 9.86. The number of nitrogens with zero attached hydrogens (tertiary/aromatic N) is 3. The summed E-state index contributed by atoms with van der Waals surface area (Å²) in [4.78, 5) is 18.6. The highest BCUT2D eigenvalue weighted by atomic mass is 16.5. The molecule has 0 unspecified atom stereocenters. The van der Waals surface area contributed by atoms with Crippen molar-refractivity contribution in [3.05, 3.63) is 65.7 Å². The number of rotatable bonds is 6. The van der Waals surface area contributed by atoms with Gasteiger partial charge in [-0.2, -0.15) is 0 Å². The van der Waals surface area contributed by atoms with Crippen LogP contribution in [0.25, 0.3) is 22.2 Å². The van der Waals surface area contributed by atoms with Gasteiger partial charge < -0.3 is 24.4 Å². The normalized spacial score (nSPS) is 15.4. The van der Waals surface area contributed by atoms with Crippen molar-refractivity contribution in [3.63, 3.8) is 0 Å². The van der Waals surface area contributed by atoms with Gasteiger partial charge in [0.15, 0.2) is 11.5 Å². The van der Waals surface area contributed by atoms with E-state index in [4.69, 9.17) is 9.26 Å². The number of ether oxygens (including phenoxy) is 1. The number of carbonyl (C=O) groups excluding carboxylic acids is 1. The molecule has 7 heteroatoms. The van der Waals surface area contributed by atoms with Crippen molar-refractivity contribution in [1.29, 1.82) is 0 Å². The van der Waals surface area contributed by atoms with Crippen LogP contribution in [0, 0.1) is 0 Å². The summed E-state index contributed by atoms with van der Waals surface area (Å²) in [7, 11) is 0. The number of piperazine rings is 1. The molecule has 7 nitrogen and oxygen atoms in total. The van der Waals surface area contributed by atoms with Crippen LogP contribution < -0.4 is 15.0 Å². The molecule has 0 atom stereocenters. The first-order valence-corrected chi connectivity index (χ1v) is 12.3. The second-order valence-electron chi connectivity index (χ2n) is 8.93. The Morgan fingerprint density at radius 3 is 2.46 bits per heavy atom. The number of hydrogen-bond acceptors (Lipinski definition) is 7. The number of hydrogen-bond donors (Lipinski definition) is 1. The molecule has 0 bridgehead atoms. The van der Waals surface area contributed by atoms with Crippen LogP contribution in [-0.4, -0.2) is 55.2 Å². The fraction of sp³-hybridized carbons (Fsp3) is 0.286. The van der Waals surface area contributed by atoms with E-state index in [1.807, 2.05) is 55.5 Å². The molecule has 0 radical (unpaired) electrons. The summed E-state index contributed by atoms with van der Waals surface area (Å²) in [6.45, 7) is 9.61. The lowest BCUT2D eigenvalue weighted by Gasteiger charge is -2.36. The van der Waals surface area contributed by atoms with E-state index >= 15 is 0 Å². The van der Waals surface area contributed by atoms with Gasteiger partial charge in [-0.3, -0.25) is 4.79 Å². The van der Waals surface area contributed by atoms with Gasteiger partial charge in [0, 0.05) is 43.0 Å². The van der Waals surface area contributed by atoms with Gasteiger partial charge >= 0.3 is 0 Å². The van der Waals surface area contributed by atoms with Gasteiger partial charge in [-0.25, -0.2) is 0 Å². The average molecular weight is 469 g/mol. The first kappa shape index (κ1) is 21.7. The zero-order valence-electron chi connectivity index (χ0n) is 20.0. The van der Waals surface area contributed by atoms with Gasteiger partial charge in [0.2, 0.25) is 0 Å². The molecule has 6 rings (SSSR count). The topological polar surface area (TPSA) is 70.8 Å². The van der Waals surface area contributed by atoms with Crippen LogP contribution in [0.4, 0.5) is 17.1 Å². The first-order chi connectivity index (χ1) is 17.2. The van der Waals surface area contributed by atoms with Crippen LogP contribution in [0.15, 0.2) is 59.1 Å². The molecule has 0 spiro atoms. The Labute approximate surface area is 204 Å². The van der Waals surface area contributed by atoms with Gasteiger partial charge in [-0.05, 0) is 43.8 Å². The van der Waals surface area contributed by atoms with E-state index in [9.17, 15) is 4.79 Å². The molecule has 1 aliphatic carbocycles. The van der Waals surface area contributed by atoms with Crippen LogP contribution in [-0.2, 0) is 0 Å². The van der Waals surface area contributed by atoms with Crippen molar-refractivity contribution in [2.45, 2.75) is 13.8 Å². The first-order valence-electron chi connectivity index (χ1n) is 12.3. The van der Waals surface area contributed by atoms with E-state index < -0.39 is 0 Å². The smallest absolute Gasteiger partial charge is 0.196 e. The maximum absolute atomic E-state index is 13.8. The fourth-order valence-electron chi connectivity index (χ4n) is 5.14. The van der Waals surface area contributed by atoms with Crippen molar-refractivity contribution in [2.24, 2.45) is 0 Å². The summed E-state index contributed by atoms with van der Waals surface area (Å²) in [6, 6.07) is 17.5. The maximum atomic E-state index is 13.8. The predicted octanol–water partition coefficient (Wildman–Crippen LogP) is 5.32. The highest BCUT2D eigenvalue weighted by molar-refractivity contribution is 6.28. The third-order valence-electron chi connectivity index (χ3n) is 6.98. The van der Waals surface area contributed by atoms with Crippen molar-refractivity contribution in [1.82, 2.24) is 10.1 Å². The summed E-state index contributed by atoms with van der Waals surface area (Å²) in [6.07, 6.45) is 0. The third-order valence-corrected chi connectivity index (χ3v) is 6.98. The van der Waals surface area contributed by atoms with E-state index in [1.54, 1.807) is 0 Å². The maximum Gasteiger partial charge on any atom is 0.196 e. The fourth-order valence-corrected chi connectivity index (χ4v) is 5.14. The SMILES string of the molecule is CCOc1ccc(Nc2cc(N3CCN(CC)CC3)c3noc4c3c2C(=O)c2ccccc2-4)cc1. The summed E-state index contributed by atoms with van der Waals surface area (Å²) in [5.41, 5.74) is 5.44. The molecule has 2 heterocycles. The minimum atomic E-state index is -0.0166. The van der Waals surface area contributed by atoms with Crippen molar-refractivity contribution < 1.29 is 14.1 Å². The van der Waals surface area contributed by atoms with Gasteiger partial charge in [0.05, 0.1) is 28.9 Å². The van der Waals surface area contributed by atoms with Crippen molar-refractivity contribution in [2.75, 3.05) is 49.5 Å². The van der Waals surface area contributed by atoms with Gasteiger partial charge in [-0.1, -0.05) is 36.3 Å². The number of fused-ring (bicyclic) bond motifs is 2. The summed E-state index contributed by atoms with van der Waals surface area (Å²) < 4.78 is 11.5. The number of anilines is 3. The zero-order chi connectivity index (χ0) is 23.9. The molecule has 4 aromatic rings. The summed E-state index contributed by atoms with van der Waals surface area (Å²) in [5, 5.41) is 8.79. The number of benzene rings is 3. The molecule has 1 aliphatic heterocycles. The van der Waals surface area contributed by atoms with E-state index in [0.717, 1.165) is 72.0 Å². The Morgan fingerprint density at radius 1 is 1.00 bits per heavy atom. The predicted molar refractivity (Wildman–Crippen MR) is 138 cm³/mol. The molecular formula is C28H28N4O3. The Balaban J connectivity index is 1.50. The molecule has 1 N–H and O–H groups in total. The number of likely N-dealkylation sites (N-methyl/N-ethyl adjacent to an activating group) is 1. The van der Waals surface area contributed by atoms with Crippen LogP contribution in [0.3, 0.4) is 0 Å². The largest absolute Gasteiger partial charge is 0.494 e. The molecule has 178 valence electrons. The minimum Gasteiger partial charge on any atom is -0.494 e. The molecular weight excluding hydrogens is 440 g/mol. The molecule has 0 amide bonds. The Kier molecular flexibility index (Phi) is 5.41. The van der Waals surface area contributed by atoms with Crippen LogP contribution in [0.1, 0.15) is 29.8 Å². The monoisotopic (exact) mass is 468 g/mol. The Morgan fingerprint density at radius 2 is 1.74 bits per heavy atom. The highest BCUT2D eigenvalue weighted by Crippen LogP contribution is 2.46. The van der Waals surface area contributed by atoms with Crippen LogP contribution in [0.5, 0.6) is 5.75 Å². The van der Waals surface area contributed by atoms with E-state index in [1.165, 1.54) is 0 Å².